The Morgan fingerprint density at radius 2 is 2.04 bits per heavy atom. The lowest BCUT2D eigenvalue weighted by Gasteiger charge is -2.39. The molecule has 7 heteroatoms. The van der Waals surface area contributed by atoms with Gasteiger partial charge in [0.2, 0.25) is 11.9 Å². The average molecular weight is 388 g/mol. The maximum absolute atomic E-state index is 12.4. The number of amides is 1. The van der Waals surface area contributed by atoms with Crippen molar-refractivity contribution in [2.45, 2.75) is 52.1 Å². The standard InChI is InChI=1S/C21H33N5O2/c1-16(2)13-26-15-21(12-19(26)28)6-10-24(11-7-21)20-22-8-5-18(23-20)25-9-3-4-17(27)14-25/h5,8,16-17,27H,3-4,6-7,9-15H2,1-2H3. The summed E-state index contributed by atoms with van der Waals surface area (Å²) >= 11 is 0. The molecular weight excluding hydrogens is 354 g/mol. The lowest BCUT2D eigenvalue weighted by Crippen LogP contribution is -2.43. The molecule has 1 spiro atoms. The van der Waals surface area contributed by atoms with Gasteiger partial charge in [0.25, 0.3) is 0 Å². The zero-order chi connectivity index (χ0) is 19.7. The number of anilines is 2. The van der Waals surface area contributed by atoms with Gasteiger partial charge in [0.15, 0.2) is 0 Å². The Hall–Kier alpha value is -1.89. The van der Waals surface area contributed by atoms with Crippen LogP contribution < -0.4 is 9.80 Å². The highest BCUT2D eigenvalue weighted by molar-refractivity contribution is 5.79. The van der Waals surface area contributed by atoms with Crippen LogP contribution in [0.5, 0.6) is 0 Å². The largest absolute Gasteiger partial charge is 0.391 e. The molecule has 1 unspecified atom stereocenters. The van der Waals surface area contributed by atoms with Gasteiger partial charge in [0, 0.05) is 57.3 Å². The number of carbonyl (C=O) groups is 1. The molecule has 4 heterocycles. The van der Waals surface area contributed by atoms with Crippen LogP contribution in [0.4, 0.5) is 11.8 Å². The van der Waals surface area contributed by atoms with Crippen molar-refractivity contribution in [1.29, 1.82) is 0 Å². The number of piperidine rings is 2. The monoisotopic (exact) mass is 387 g/mol. The first-order valence-electron chi connectivity index (χ1n) is 10.7. The molecule has 4 rings (SSSR count). The summed E-state index contributed by atoms with van der Waals surface area (Å²) in [5.74, 6) is 2.52. The summed E-state index contributed by atoms with van der Waals surface area (Å²) in [7, 11) is 0. The lowest BCUT2D eigenvalue weighted by atomic mass is 9.77. The van der Waals surface area contributed by atoms with E-state index in [2.05, 4.69) is 33.5 Å². The van der Waals surface area contributed by atoms with Crippen molar-refractivity contribution < 1.29 is 9.90 Å². The lowest BCUT2D eigenvalue weighted by molar-refractivity contribution is -0.128. The smallest absolute Gasteiger partial charge is 0.227 e. The summed E-state index contributed by atoms with van der Waals surface area (Å²) in [6.45, 7) is 9.50. The molecular formula is C21H33N5O2. The third-order valence-electron chi connectivity index (χ3n) is 6.45. The molecule has 0 aromatic carbocycles. The van der Waals surface area contributed by atoms with Crippen LogP contribution in [0.15, 0.2) is 12.3 Å². The predicted octanol–water partition coefficient (Wildman–Crippen LogP) is 1.91. The first-order valence-corrected chi connectivity index (χ1v) is 10.7. The van der Waals surface area contributed by atoms with Gasteiger partial charge in [-0.2, -0.15) is 4.98 Å². The fourth-order valence-electron chi connectivity index (χ4n) is 4.94. The number of likely N-dealkylation sites (tertiary alicyclic amines) is 1. The Balaban J connectivity index is 1.39. The van der Waals surface area contributed by atoms with Crippen molar-refractivity contribution in [3.8, 4) is 0 Å². The SMILES string of the molecule is CC(C)CN1CC2(CCN(c3nccc(N4CCCC(O)C4)n3)CC2)CC1=O. The summed E-state index contributed by atoms with van der Waals surface area (Å²) < 4.78 is 0. The Morgan fingerprint density at radius 3 is 2.75 bits per heavy atom. The second-order valence-electron chi connectivity index (χ2n) is 9.29. The van der Waals surface area contributed by atoms with E-state index in [0.717, 1.165) is 70.2 Å². The summed E-state index contributed by atoms with van der Waals surface area (Å²) in [4.78, 5) is 28.2. The third-order valence-corrected chi connectivity index (χ3v) is 6.45. The molecule has 3 fully saturated rings. The molecule has 1 amide bonds. The number of hydrogen-bond acceptors (Lipinski definition) is 6. The quantitative estimate of drug-likeness (QED) is 0.851. The van der Waals surface area contributed by atoms with E-state index in [-0.39, 0.29) is 11.5 Å². The van der Waals surface area contributed by atoms with Gasteiger partial charge in [-0.05, 0) is 37.7 Å². The Labute approximate surface area is 167 Å². The van der Waals surface area contributed by atoms with E-state index in [4.69, 9.17) is 4.98 Å². The van der Waals surface area contributed by atoms with Gasteiger partial charge >= 0.3 is 0 Å². The van der Waals surface area contributed by atoms with Crippen molar-refractivity contribution >= 4 is 17.7 Å². The van der Waals surface area contributed by atoms with Gasteiger partial charge in [-0.3, -0.25) is 4.79 Å². The Morgan fingerprint density at radius 1 is 1.25 bits per heavy atom. The number of carbonyl (C=O) groups excluding carboxylic acids is 1. The molecule has 3 aliphatic heterocycles. The molecule has 7 nitrogen and oxygen atoms in total. The maximum atomic E-state index is 12.4. The summed E-state index contributed by atoms with van der Waals surface area (Å²) in [6, 6.07) is 1.94. The van der Waals surface area contributed by atoms with Crippen LogP contribution in [0.1, 0.15) is 46.0 Å². The van der Waals surface area contributed by atoms with Crippen LogP contribution in [-0.4, -0.2) is 71.3 Å². The minimum Gasteiger partial charge on any atom is -0.391 e. The number of nitrogens with zero attached hydrogens (tertiary/aromatic N) is 5. The molecule has 0 bridgehead atoms. The van der Waals surface area contributed by atoms with Crippen molar-refractivity contribution in [2.75, 3.05) is 49.1 Å². The Bertz CT molecular complexity index is 702. The Kier molecular flexibility index (Phi) is 5.45. The highest BCUT2D eigenvalue weighted by Crippen LogP contribution is 2.41. The maximum Gasteiger partial charge on any atom is 0.227 e. The van der Waals surface area contributed by atoms with Crippen LogP contribution in [0.2, 0.25) is 0 Å². The minimum atomic E-state index is -0.268. The van der Waals surface area contributed by atoms with Gasteiger partial charge in [-0.1, -0.05) is 13.8 Å². The zero-order valence-corrected chi connectivity index (χ0v) is 17.2. The number of rotatable bonds is 4. The molecule has 3 saturated heterocycles. The molecule has 1 aromatic heterocycles. The second-order valence-corrected chi connectivity index (χ2v) is 9.29. The van der Waals surface area contributed by atoms with Crippen LogP contribution in [0.25, 0.3) is 0 Å². The van der Waals surface area contributed by atoms with E-state index in [1.54, 1.807) is 0 Å². The minimum absolute atomic E-state index is 0.136. The molecule has 154 valence electrons. The van der Waals surface area contributed by atoms with Crippen molar-refractivity contribution in [2.24, 2.45) is 11.3 Å². The van der Waals surface area contributed by atoms with Crippen LogP contribution >= 0.6 is 0 Å². The van der Waals surface area contributed by atoms with Gasteiger partial charge < -0.3 is 19.8 Å². The number of aromatic nitrogens is 2. The van der Waals surface area contributed by atoms with Crippen molar-refractivity contribution in [1.82, 2.24) is 14.9 Å². The van der Waals surface area contributed by atoms with Crippen molar-refractivity contribution in [3.63, 3.8) is 0 Å². The molecule has 1 aromatic rings. The van der Waals surface area contributed by atoms with E-state index < -0.39 is 0 Å². The summed E-state index contributed by atoms with van der Waals surface area (Å²) in [6.07, 6.45) is 6.15. The summed E-state index contributed by atoms with van der Waals surface area (Å²) in [5, 5.41) is 9.95. The van der Waals surface area contributed by atoms with Gasteiger partial charge in [0.05, 0.1) is 6.10 Å². The molecule has 0 radical (unpaired) electrons. The number of β-amino-alcohol motifs (C(OH)–C–C–N with tert-alkyl or cyclic N) is 1. The van der Waals surface area contributed by atoms with Gasteiger partial charge in [0.1, 0.15) is 5.82 Å². The number of aliphatic hydroxyl groups excluding tert-OH is 1. The highest BCUT2D eigenvalue weighted by Gasteiger charge is 2.45. The van der Waals surface area contributed by atoms with Crippen LogP contribution in [-0.2, 0) is 4.79 Å². The second kappa shape index (κ2) is 7.85. The molecule has 1 atom stereocenters. The van der Waals surface area contributed by atoms with Gasteiger partial charge in [-0.25, -0.2) is 4.98 Å². The fraction of sp³-hybridized carbons (Fsp3) is 0.762. The molecule has 0 aliphatic carbocycles. The van der Waals surface area contributed by atoms with Gasteiger partial charge in [-0.15, -0.1) is 0 Å². The molecule has 3 aliphatic rings. The third kappa shape index (κ3) is 4.09. The average Bonchev–Trinajstić information content (AvgIpc) is 2.96. The predicted molar refractivity (Wildman–Crippen MR) is 109 cm³/mol. The molecule has 1 N–H and O–H groups in total. The van der Waals surface area contributed by atoms with E-state index >= 15 is 0 Å². The van der Waals surface area contributed by atoms with Crippen molar-refractivity contribution in [3.05, 3.63) is 12.3 Å². The first kappa shape index (κ1) is 19.4. The normalized spacial score (nSPS) is 25.2. The van der Waals surface area contributed by atoms with E-state index in [9.17, 15) is 9.90 Å². The number of aliphatic hydroxyl groups is 1. The van der Waals surface area contributed by atoms with Crippen LogP contribution in [0, 0.1) is 11.3 Å². The van der Waals surface area contributed by atoms with Crippen LogP contribution in [0.3, 0.4) is 0 Å². The topological polar surface area (TPSA) is 72.8 Å². The first-order chi connectivity index (χ1) is 13.4. The van der Waals surface area contributed by atoms with E-state index in [0.29, 0.717) is 24.8 Å². The fourth-order valence-corrected chi connectivity index (χ4v) is 4.94. The molecule has 28 heavy (non-hydrogen) atoms. The van der Waals surface area contributed by atoms with E-state index in [1.165, 1.54) is 0 Å². The number of hydrogen-bond donors (Lipinski definition) is 1. The highest BCUT2D eigenvalue weighted by atomic mass is 16.3. The summed E-state index contributed by atoms with van der Waals surface area (Å²) in [5.41, 5.74) is 0.136. The zero-order valence-electron chi connectivity index (χ0n) is 17.2. The van der Waals surface area contributed by atoms with E-state index in [1.807, 2.05) is 12.3 Å². The molecule has 0 saturated carbocycles.